The Kier molecular flexibility index (Phi) is 8.11. The van der Waals surface area contributed by atoms with Gasteiger partial charge in [-0.15, -0.1) is 12.4 Å². The Morgan fingerprint density at radius 1 is 1.00 bits per heavy atom. The van der Waals surface area contributed by atoms with Crippen LogP contribution in [0.1, 0.15) is 12.5 Å². The van der Waals surface area contributed by atoms with E-state index in [2.05, 4.69) is 0 Å². The zero-order valence-corrected chi connectivity index (χ0v) is 15.1. The van der Waals surface area contributed by atoms with Crippen LogP contribution in [0.2, 0.25) is 0 Å². The van der Waals surface area contributed by atoms with Crippen LogP contribution in [0.15, 0.2) is 60.7 Å². The molecule has 0 aliphatic rings. The largest absolute Gasteiger partial charge is 0.480 e. The molecule has 0 fully saturated rings. The van der Waals surface area contributed by atoms with Crippen LogP contribution < -0.4 is 4.90 Å². The molecule has 1 amide bonds. The van der Waals surface area contributed by atoms with Gasteiger partial charge in [0.05, 0.1) is 13.1 Å². The van der Waals surface area contributed by atoms with Gasteiger partial charge in [-0.2, -0.15) is 0 Å². The highest BCUT2D eigenvalue weighted by atomic mass is 35.5. The molecule has 0 aliphatic carbocycles. The molecule has 2 aromatic rings. The minimum Gasteiger partial charge on any atom is -0.480 e. The normalized spacial score (nSPS) is 11.5. The first-order valence-electron chi connectivity index (χ1n) is 7.81. The van der Waals surface area contributed by atoms with E-state index in [4.69, 9.17) is 5.11 Å². The number of carbonyl (C=O) groups is 2. The number of rotatable bonds is 7. The van der Waals surface area contributed by atoms with Crippen molar-refractivity contribution in [3.8, 4) is 0 Å². The van der Waals surface area contributed by atoms with Crippen LogP contribution in [0.4, 0.5) is 5.69 Å². The molecule has 0 aliphatic heterocycles. The van der Waals surface area contributed by atoms with E-state index in [1.54, 1.807) is 18.9 Å². The maximum Gasteiger partial charge on any atom is 0.320 e. The molecule has 2 rings (SSSR count). The average molecular weight is 363 g/mol. The van der Waals surface area contributed by atoms with Gasteiger partial charge in [-0.05, 0) is 31.7 Å². The van der Waals surface area contributed by atoms with E-state index < -0.39 is 12.0 Å². The molecule has 0 radical (unpaired) electrons. The topological polar surface area (TPSA) is 60.9 Å². The van der Waals surface area contributed by atoms with Crippen molar-refractivity contribution in [2.75, 3.05) is 18.5 Å². The Morgan fingerprint density at radius 2 is 1.52 bits per heavy atom. The van der Waals surface area contributed by atoms with Crippen molar-refractivity contribution >= 4 is 30.0 Å². The number of anilines is 1. The van der Waals surface area contributed by atoms with E-state index in [1.807, 2.05) is 60.7 Å². The number of para-hydroxylation sites is 1. The molecular formula is C19H23ClN2O3. The average Bonchev–Trinajstić information content (AvgIpc) is 2.60. The molecule has 25 heavy (non-hydrogen) atoms. The lowest BCUT2D eigenvalue weighted by Gasteiger charge is -2.27. The van der Waals surface area contributed by atoms with Gasteiger partial charge in [0.2, 0.25) is 5.91 Å². The Bertz CT molecular complexity index is 680. The second kappa shape index (κ2) is 9.81. The summed E-state index contributed by atoms with van der Waals surface area (Å²) < 4.78 is 0. The molecule has 0 aromatic heterocycles. The van der Waals surface area contributed by atoms with Gasteiger partial charge in [0.15, 0.2) is 0 Å². The van der Waals surface area contributed by atoms with Gasteiger partial charge < -0.3 is 10.0 Å². The zero-order valence-electron chi connectivity index (χ0n) is 14.3. The third-order valence-electron chi connectivity index (χ3n) is 3.96. The van der Waals surface area contributed by atoms with Crippen molar-refractivity contribution in [3.05, 3.63) is 66.2 Å². The molecule has 1 atom stereocenters. The highest BCUT2D eigenvalue weighted by molar-refractivity contribution is 5.95. The van der Waals surface area contributed by atoms with Gasteiger partial charge >= 0.3 is 5.97 Å². The second-order valence-corrected chi connectivity index (χ2v) is 5.73. The van der Waals surface area contributed by atoms with Crippen LogP contribution in [0.3, 0.4) is 0 Å². The number of carbonyl (C=O) groups excluding carboxylic acids is 1. The van der Waals surface area contributed by atoms with E-state index in [0.29, 0.717) is 6.54 Å². The molecule has 0 bridgehead atoms. The zero-order chi connectivity index (χ0) is 17.5. The fraction of sp³-hybridized carbons (Fsp3) is 0.263. The lowest BCUT2D eigenvalue weighted by atomic mass is 10.2. The number of nitrogens with zero attached hydrogens (tertiary/aromatic N) is 2. The number of halogens is 1. The van der Waals surface area contributed by atoms with Gasteiger partial charge in [-0.25, -0.2) is 0 Å². The van der Waals surface area contributed by atoms with Crippen LogP contribution in [0.25, 0.3) is 0 Å². The summed E-state index contributed by atoms with van der Waals surface area (Å²) in [5.41, 5.74) is 1.81. The molecule has 1 unspecified atom stereocenters. The fourth-order valence-electron chi connectivity index (χ4n) is 2.32. The summed E-state index contributed by atoms with van der Waals surface area (Å²) in [6, 6.07) is 18.4. The van der Waals surface area contributed by atoms with Crippen LogP contribution in [-0.4, -0.2) is 41.5 Å². The van der Waals surface area contributed by atoms with Gasteiger partial charge in [0.25, 0.3) is 0 Å². The molecule has 0 spiro atoms. The first-order chi connectivity index (χ1) is 11.5. The van der Waals surface area contributed by atoms with Crippen molar-refractivity contribution in [1.82, 2.24) is 4.90 Å². The molecule has 1 N–H and O–H groups in total. The molecule has 2 aromatic carbocycles. The molecule has 134 valence electrons. The third-order valence-corrected chi connectivity index (χ3v) is 3.96. The van der Waals surface area contributed by atoms with E-state index in [1.165, 1.54) is 4.90 Å². The number of aliphatic carboxylic acids is 1. The first-order valence-corrected chi connectivity index (χ1v) is 7.81. The van der Waals surface area contributed by atoms with Crippen LogP contribution in [-0.2, 0) is 16.1 Å². The van der Waals surface area contributed by atoms with E-state index in [9.17, 15) is 9.59 Å². The summed E-state index contributed by atoms with van der Waals surface area (Å²) in [6.07, 6.45) is 0. The van der Waals surface area contributed by atoms with E-state index in [-0.39, 0.29) is 24.9 Å². The number of hydrogen-bond donors (Lipinski definition) is 1. The number of likely N-dealkylation sites (N-methyl/N-ethyl adjacent to an activating group) is 1. The van der Waals surface area contributed by atoms with Gasteiger partial charge in [-0.3, -0.25) is 14.5 Å². The van der Waals surface area contributed by atoms with Crippen molar-refractivity contribution in [2.45, 2.75) is 19.5 Å². The number of carboxylic acids is 1. The van der Waals surface area contributed by atoms with Gasteiger partial charge in [0.1, 0.15) is 6.04 Å². The summed E-state index contributed by atoms with van der Waals surface area (Å²) in [7, 11) is 1.64. The van der Waals surface area contributed by atoms with E-state index in [0.717, 1.165) is 11.3 Å². The summed E-state index contributed by atoms with van der Waals surface area (Å²) >= 11 is 0. The smallest absolute Gasteiger partial charge is 0.320 e. The number of hydrogen-bond acceptors (Lipinski definition) is 3. The minimum absolute atomic E-state index is 0. The molecule has 5 nitrogen and oxygen atoms in total. The minimum atomic E-state index is -0.945. The highest BCUT2D eigenvalue weighted by Crippen LogP contribution is 2.17. The molecule has 0 saturated carbocycles. The Labute approximate surface area is 154 Å². The Morgan fingerprint density at radius 3 is 2.04 bits per heavy atom. The van der Waals surface area contributed by atoms with E-state index >= 15 is 0 Å². The lowest BCUT2D eigenvalue weighted by molar-refractivity contribution is -0.142. The third kappa shape index (κ3) is 5.89. The van der Waals surface area contributed by atoms with Gasteiger partial charge in [0, 0.05) is 5.69 Å². The monoisotopic (exact) mass is 362 g/mol. The SMILES string of the molecule is CC(C(=O)O)N(C)CC(=O)N(Cc1ccccc1)c1ccccc1.Cl. The van der Waals surface area contributed by atoms with Crippen LogP contribution in [0.5, 0.6) is 0 Å². The van der Waals surface area contributed by atoms with Crippen LogP contribution in [0, 0.1) is 0 Å². The molecule has 6 heteroatoms. The Balaban J connectivity index is 0.00000312. The summed E-state index contributed by atoms with van der Waals surface area (Å²) in [6.45, 7) is 2.05. The summed E-state index contributed by atoms with van der Waals surface area (Å²) in [5.74, 6) is -1.08. The molecular weight excluding hydrogens is 340 g/mol. The predicted octanol–water partition coefficient (Wildman–Crippen LogP) is 3.05. The Hall–Kier alpha value is -2.37. The van der Waals surface area contributed by atoms with Gasteiger partial charge in [-0.1, -0.05) is 48.5 Å². The summed E-state index contributed by atoms with van der Waals surface area (Å²) in [4.78, 5) is 27.1. The van der Waals surface area contributed by atoms with Crippen molar-refractivity contribution < 1.29 is 14.7 Å². The second-order valence-electron chi connectivity index (χ2n) is 5.73. The standard InChI is InChI=1S/C19H22N2O3.ClH/c1-15(19(23)24)20(2)14-18(22)21(17-11-7-4-8-12-17)13-16-9-5-3-6-10-16;/h3-12,15H,13-14H2,1-2H3,(H,23,24);1H. The maximum absolute atomic E-state index is 12.8. The lowest BCUT2D eigenvalue weighted by Crippen LogP contribution is -2.44. The first kappa shape index (κ1) is 20.7. The molecule has 0 saturated heterocycles. The predicted molar refractivity (Wildman–Crippen MR) is 101 cm³/mol. The number of amides is 1. The van der Waals surface area contributed by atoms with Crippen molar-refractivity contribution in [2.24, 2.45) is 0 Å². The van der Waals surface area contributed by atoms with Crippen LogP contribution >= 0.6 is 12.4 Å². The summed E-state index contributed by atoms with van der Waals surface area (Å²) in [5, 5.41) is 9.09. The maximum atomic E-state index is 12.8. The quantitative estimate of drug-likeness (QED) is 0.822. The number of benzene rings is 2. The van der Waals surface area contributed by atoms with Crippen molar-refractivity contribution in [1.29, 1.82) is 0 Å². The fourth-order valence-corrected chi connectivity index (χ4v) is 2.32. The molecule has 0 heterocycles. The highest BCUT2D eigenvalue weighted by Gasteiger charge is 2.23. The van der Waals surface area contributed by atoms with Crippen molar-refractivity contribution in [3.63, 3.8) is 0 Å². The number of carboxylic acid groups (broad SMARTS) is 1.